The number of hydrogen-bond donors (Lipinski definition) is 2. The number of Topliss-reactive ketones (excluding diaryl/α,β-unsaturated/α-hetero) is 2. The van der Waals surface area contributed by atoms with Gasteiger partial charge in [-0.25, -0.2) is 0 Å². The van der Waals surface area contributed by atoms with Crippen LogP contribution in [0.4, 0.5) is 0 Å². The highest BCUT2D eigenvalue weighted by molar-refractivity contribution is 6.26. The summed E-state index contributed by atoms with van der Waals surface area (Å²) in [6, 6.07) is 0. The first-order valence-electron chi connectivity index (χ1n) is 9.02. The van der Waals surface area contributed by atoms with Gasteiger partial charge in [0.25, 0.3) is 0 Å². The summed E-state index contributed by atoms with van der Waals surface area (Å²) >= 11 is 0. The number of ketones is 3. The molecule has 26 heavy (non-hydrogen) atoms. The molecule has 0 aromatic carbocycles. The van der Waals surface area contributed by atoms with Gasteiger partial charge in [-0.15, -0.1) is 0 Å². The predicted octanol–water partition coefficient (Wildman–Crippen LogP) is 3.48. The van der Waals surface area contributed by atoms with Gasteiger partial charge >= 0.3 is 0 Å². The third kappa shape index (κ3) is 4.58. The lowest BCUT2D eigenvalue weighted by molar-refractivity contribution is -0.140. The van der Waals surface area contributed by atoms with Gasteiger partial charge in [0.1, 0.15) is 11.3 Å². The molecule has 0 aromatic rings. The van der Waals surface area contributed by atoms with E-state index in [0.29, 0.717) is 0 Å². The zero-order chi connectivity index (χ0) is 20.2. The molecular formula is C21H30O5. The molecule has 0 heterocycles. The highest BCUT2D eigenvalue weighted by atomic mass is 16.3. The molecule has 1 unspecified atom stereocenters. The fraction of sp³-hybridized carbons (Fsp3) is 0.571. The van der Waals surface area contributed by atoms with Crippen LogP contribution in [0, 0.1) is 17.8 Å². The highest BCUT2D eigenvalue weighted by Crippen LogP contribution is 2.41. The quantitative estimate of drug-likeness (QED) is 0.392. The monoisotopic (exact) mass is 362 g/mol. The van der Waals surface area contributed by atoms with Crippen molar-refractivity contribution in [1.82, 2.24) is 0 Å². The molecule has 5 nitrogen and oxygen atoms in total. The maximum absolute atomic E-state index is 12.8. The van der Waals surface area contributed by atoms with E-state index in [1.165, 1.54) is 6.08 Å². The van der Waals surface area contributed by atoms with E-state index in [1.807, 2.05) is 41.5 Å². The summed E-state index contributed by atoms with van der Waals surface area (Å²) in [6.45, 7) is 11.0. The predicted molar refractivity (Wildman–Crippen MR) is 101 cm³/mol. The van der Waals surface area contributed by atoms with E-state index < -0.39 is 40.2 Å². The van der Waals surface area contributed by atoms with Crippen LogP contribution >= 0.6 is 0 Å². The van der Waals surface area contributed by atoms with Crippen LogP contribution in [0.1, 0.15) is 54.4 Å². The average molecular weight is 362 g/mol. The third-order valence-electron chi connectivity index (χ3n) is 4.31. The minimum atomic E-state index is -2.39. The molecule has 0 aliphatic heterocycles. The minimum absolute atomic E-state index is 0.0166. The Hall–Kier alpha value is -2.01. The first-order valence-corrected chi connectivity index (χ1v) is 9.02. The van der Waals surface area contributed by atoms with E-state index in [9.17, 15) is 24.6 Å². The Morgan fingerprint density at radius 2 is 1.77 bits per heavy atom. The molecule has 1 aliphatic carbocycles. The molecule has 0 spiro atoms. The van der Waals surface area contributed by atoms with Crippen LogP contribution in [0.15, 0.2) is 35.1 Å². The fourth-order valence-corrected chi connectivity index (χ4v) is 2.91. The van der Waals surface area contributed by atoms with Crippen LogP contribution < -0.4 is 0 Å². The number of aliphatic hydroxyl groups is 2. The lowest BCUT2D eigenvalue weighted by Gasteiger charge is -2.26. The number of hydrogen-bond acceptors (Lipinski definition) is 5. The summed E-state index contributed by atoms with van der Waals surface area (Å²) < 4.78 is 0. The molecule has 0 aromatic heterocycles. The second-order valence-corrected chi connectivity index (χ2v) is 7.91. The van der Waals surface area contributed by atoms with Crippen LogP contribution in [0.2, 0.25) is 0 Å². The maximum Gasteiger partial charge on any atom is 0.195 e. The molecule has 0 saturated carbocycles. The Morgan fingerprint density at radius 3 is 2.23 bits per heavy atom. The van der Waals surface area contributed by atoms with E-state index in [4.69, 9.17) is 0 Å². The molecule has 144 valence electrons. The number of carbonyl (C=O) groups is 3. The largest absolute Gasteiger partial charge is 0.508 e. The van der Waals surface area contributed by atoms with Crippen molar-refractivity contribution in [2.45, 2.75) is 60.0 Å². The van der Waals surface area contributed by atoms with E-state index in [-0.39, 0.29) is 24.7 Å². The lowest BCUT2D eigenvalue weighted by atomic mass is 9.82. The molecule has 0 radical (unpaired) electrons. The van der Waals surface area contributed by atoms with Crippen molar-refractivity contribution in [2.24, 2.45) is 17.8 Å². The zero-order valence-corrected chi connectivity index (χ0v) is 16.5. The summed E-state index contributed by atoms with van der Waals surface area (Å²) in [6.07, 6.45) is 4.62. The SMILES string of the molecule is CC(C)=CCC1C(=O)C(C(=O)CC(C)C)=C(O)[C@]1(O)C(=O)/C=C/C(C)C. The second-order valence-electron chi connectivity index (χ2n) is 7.91. The van der Waals surface area contributed by atoms with Crippen molar-refractivity contribution < 1.29 is 24.6 Å². The summed E-state index contributed by atoms with van der Waals surface area (Å²) in [5.41, 5.74) is -1.91. The van der Waals surface area contributed by atoms with Crippen molar-refractivity contribution in [3.8, 4) is 0 Å². The highest BCUT2D eigenvalue weighted by Gasteiger charge is 2.58. The summed E-state index contributed by atoms with van der Waals surface area (Å²) in [7, 11) is 0. The Kier molecular flexibility index (Phi) is 7.27. The van der Waals surface area contributed by atoms with Crippen molar-refractivity contribution in [3.63, 3.8) is 0 Å². The summed E-state index contributed by atoms with van der Waals surface area (Å²) in [4.78, 5) is 37.9. The van der Waals surface area contributed by atoms with Gasteiger partial charge < -0.3 is 10.2 Å². The summed E-state index contributed by atoms with van der Waals surface area (Å²) in [5, 5.41) is 21.6. The minimum Gasteiger partial charge on any atom is -0.508 e. The first-order chi connectivity index (χ1) is 11.9. The van der Waals surface area contributed by atoms with E-state index >= 15 is 0 Å². The average Bonchev–Trinajstić information content (AvgIpc) is 2.69. The van der Waals surface area contributed by atoms with Crippen LogP contribution in [-0.2, 0) is 14.4 Å². The molecular weight excluding hydrogens is 332 g/mol. The maximum atomic E-state index is 12.8. The van der Waals surface area contributed by atoms with Gasteiger partial charge in [-0.3, -0.25) is 14.4 Å². The molecule has 2 N–H and O–H groups in total. The topological polar surface area (TPSA) is 91.7 Å². The van der Waals surface area contributed by atoms with E-state index in [2.05, 4.69) is 0 Å². The number of carbonyl (C=O) groups excluding carboxylic acids is 3. The van der Waals surface area contributed by atoms with Crippen LogP contribution in [-0.4, -0.2) is 33.2 Å². The van der Waals surface area contributed by atoms with E-state index in [1.54, 1.807) is 12.2 Å². The molecule has 0 saturated heterocycles. The molecule has 0 amide bonds. The second kappa shape index (κ2) is 8.58. The van der Waals surface area contributed by atoms with Crippen molar-refractivity contribution >= 4 is 17.3 Å². The zero-order valence-electron chi connectivity index (χ0n) is 16.5. The molecule has 1 rings (SSSR count). The first kappa shape index (κ1) is 22.0. The van der Waals surface area contributed by atoms with Crippen LogP contribution in [0.5, 0.6) is 0 Å². The number of aliphatic hydroxyl groups excluding tert-OH is 1. The molecule has 2 atom stereocenters. The Labute approximate surface area is 155 Å². The smallest absolute Gasteiger partial charge is 0.195 e. The Bertz CT molecular complexity index is 675. The van der Waals surface area contributed by atoms with Crippen molar-refractivity contribution in [2.75, 3.05) is 0 Å². The molecule has 5 heteroatoms. The van der Waals surface area contributed by atoms with Gasteiger partial charge in [0.15, 0.2) is 23.0 Å². The number of rotatable bonds is 8. The van der Waals surface area contributed by atoms with Crippen molar-refractivity contribution in [3.05, 3.63) is 35.1 Å². The fourth-order valence-electron chi connectivity index (χ4n) is 2.91. The third-order valence-corrected chi connectivity index (χ3v) is 4.31. The van der Waals surface area contributed by atoms with Crippen molar-refractivity contribution in [1.29, 1.82) is 0 Å². The van der Waals surface area contributed by atoms with Gasteiger partial charge in [0.2, 0.25) is 0 Å². The normalized spacial score (nSPS) is 23.4. The van der Waals surface area contributed by atoms with Crippen LogP contribution in [0.3, 0.4) is 0 Å². The van der Waals surface area contributed by atoms with Gasteiger partial charge in [0.05, 0.1) is 5.92 Å². The van der Waals surface area contributed by atoms with Gasteiger partial charge in [-0.1, -0.05) is 45.4 Å². The molecule has 0 fully saturated rings. The van der Waals surface area contributed by atoms with Crippen LogP contribution in [0.25, 0.3) is 0 Å². The standard InChI is InChI=1S/C21H30O5/c1-12(2)7-9-15-19(24)18(16(22)11-14(5)6)20(25)21(15,26)17(23)10-8-13(3)4/h7-8,10,13-15,25-26H,9,11H2,1-6H3/b10-8+/t15?,21-/m1/s1. The Balaban J connectivity index is 3.43. The lowest BCUT2D eigenvalue weighted by Crippen LogP contribution is -2.45. The summed E-state index contributed by atoms with van der Waals surface area (Å²) in [5.74, 6) is -3.95. The van der Waals surface area contributed by atoms with Gasteiger partial charge in [-0.05, 0) is 38.2 Å². The molecule has 0 bridgehead atoms. The van der Waals surface area contributed by atoms with Gasteiger partial charge in [0, 0.05) is 6.42 Å². The van der Waals surface area contributed by atoms with Gasteiger partial charge in [-0.2, -0.15) is 0 Å². The van der Waals surface area contributed by atoms with E-state index in [0.717, 1.165) is 5.57 Å². The number of allylic oxidation sites excluding steroid dienone is 4. The molecule has 1 aliphatic rings. The Morgan fingerprint density at radius 1 is 1.19 bits per heavy atom.